The summed E-state index contributed by atoms with van der Waals surface area (Å²) in [6.45, 7) is 6.65. The van der Waals surface area contributed by atoms with Gasteiger partial charge in [-0.2, -0.15) is 0 Å². The van der Waals surface area contributed by atoms with Crippen LogP contribution < -0.4 is 4.90 Å². The molecule has 6 nitrogen and oxygen atoms in total. The molecule has 1 aromatic heterocycles. The molecule has 0 spiro atoms. The predicted octanol–water partition coefficient (Wildman–Crippen LogP) is 3.58. The number of amides is 1. The van der Waals surface area contributed by atoms with Crippen LogP contribution in [-0.2, 0) is 14.6 Å². The average molecular weight is 450 g/mol. The van der Waals surface area contributed by atoms with Crippen molar-refractivity contribution in [2.45, 2.75) is 18.7 Å². The van der Waals surface area contributed by atoms with Gasteiger partial charge in [-0.3, -0.25) is 9.69 Å². The number of likely N-dealkylation sites (N-methyl/N-ethyl adjacent to an activating group) is 1. The highest BCUT2D eigenvalue weighted by Gasteiger charge is 2.26. The number of carbonyl (C=O) groups excluding carboxylic acids is 1. The fraction of sp³-hybridized carbons (Fsp3) is 0.333. The Balaban J connectivity index is 1.88. The number of para-hydroxylation sites is 1. The van der Waals surface area contributed by atoms with Gasteiger partial charge in [-0.25, -0.2) is 17.8 Å². The van der Waals surface area contributed by atoms with Crippen LogP contribution >= 0.6 is 11.3 Å². The molecule has 0 bridgehead atoms. The Morgan fingerprint density at radius 1 is 1.03 bits per heavy atom. The highest BCUT2D eigenvalue weighted by molar-refractivity contribution is 7.92. The molecular weight excluding hydrogens is 425 g/mol. The topological polar surface area (TPSA) is 70.6 Å². The van der Waals surface area contributed by atoms with E-state index in [-0.39, 0.29) is 4.90 Å². The third-order valence-corrected chi connectivity index (χ3v) is 7.51. The van der Waals surface area contributed by atoms with Crippen molar-refractivity contribution < 1.29 is 17.6 Å². The summed E-state index contributed by atoms with van der Waals surface area (Å²) in [5, 5.41) is 0.475. The first-order valence-corrected chi connectivity index (χ1v) is 12.2. The zero-order valence-corrected chi connectivity index (χ0v) is 18.5. The van der Waals surface area contributed by atoms with Gasteiger partial charge in [0.2, 0.25) is 5.91 Å². The number of hydrogen-bond acceptors (Lipinski definition) is 6. The Hall–Kier alpha value is -2.36. The largest absolute Gasteiger partial charge is 0.302 e. The van der Waals surface area contributed by atoms with Crippen molar-refractivity contribution in [3.05, 3.63) is 54.3 Å². The fourth-order valence-corrected chi connectivity index (χ4v) is 5.26. The zero-order chi connectivity index (χ0) is 21.7. The molecule has 3 rings (SSSR count). The number of rotatable bonds is 9. The number of fused-ring (bicyclic) bond motifs is 1. The molecule has 30 heavy (non-hydrogen) atoms. The minimum atomic E-state index is -3.90. The Morgan fingerprint density at radius 2 is 1.70 bits per heavy atom. The van der Waals surface area contributed by atoms with Crippen LogP contribution in [0.25, 0.3) is 10.2 Å². The lowest BCUT2D eigenvalue weighted by molar-refractivity contribution is -0.116. The van der Waals surface area contributed by atoms with Gasteiger partial charge in [0.1, 0.15) is 11.6 Å². The van der Waals surface area contributed by atoms with E-state index in [1.54, 1.807) is 0 Å². The minimum Gasteiger partial charge on any atom is -0.302 e. The lowest BCUT2D eigenvalue weighted by Gasteiger charge is -2.24. The molecule has 0 aliphatic rings. The van der Waals surface area contributed by atoms with Gasteiger partial charge < -0.3 is 4.90 Å². The van der Waals surface area contributed by atoms with E-state index >= 15 is 0 Å². The molecule has 0 saturated heterocycles. The summed E-state index contributed by atoms with van der Waals surface area (Å²) in [5.74, 6) is -1.78. The van der Waals surface area contributed by atoms with Gasteiger partial charge in [-0.05, 0) is 49.5 Å². The second-order valence-corrected chi connectivity index (χ2v) is 9.75. The highest BCUT2D eigenvalue weighted by Crippen LogP contribution is 2.29. The summed E-state index contributed by atoms with van der Waals surface area (Å²) in [4.78, 5) is 21.1. The van der Waals surface area contributed by atoms with Gasteiger partial charge in [0.15, 0.2) is 15.0 Å². The maximum Gasteiger partial charge on any atom is 0.244 e. The number of nitrogens with zero attached hydrogens (tertiary/aromatic N) is 3. The third kappa shape index (κ3) is 5.21. The number of halogens is 1. The molecule has 9 heteroatoms. The van der Waals surface area contributed by atoms with Crippen LogP contribution in [-0.4, -0.2) is 56.1 Å². The summed E-state index contributed by atoms with van der Waals surface area (Å²) in [6, 6.07) is 12.0. The lowest BCUT2D eigenvalue weighted by Crippen LogP contribution is -2.41. The molecular formula is C21H24FN3O3S2. The maximum atomic E-state index is 13.1. The van der Waals surface area contributed by atoms with Gasteiger partial charge in [-0.1, -0.05) is 37.3 Å². The van der Waals surface area contributed by atoms with Crippen molar-refractivity contribution in [3.8, 4) is 0 Å². The van der Waals surface area contributed by atoms with Crippen LogP contribution in [0.3, 0.4) is 0 Å². The Kier molecular flexibility index (Phi) is 7.17. The van der Waals surface area contributed by atoms with Crippen molar-refractivity contribution >= 4 is 42.4 Å². The van der Waals surface area contributed by atoms with Gasteiger partial charge in [0.25, 0.3) is 0 Å². The van der Waals surface area contributed by atoms with E-state index in [0.717, 1.165) is 35.4 Å². The standard InChI is InChI=1S/C21H24FN3O3S2/c1-3-24(4-2)13-14-25(21-23-18-7-5-6-8-19(18)29-21)20(26)15-30(27,28)17-11-9-16(22)10-12-17/h5-12H,3-4,13-15H2,1-2H3. The van der Waals surface area contributed by atoms with E-state index in [4.69, 9.17) is 0 Å². The summed E-state index contributed by atoms with van der Waals surface area (Å²) >= 11 is 1.36. The molecule has 0 N–H and O–H groups in total. The van der Waals surface area contributed by atoms with Crippen molar-refractivity contribution in [2.24, 2.45) is 0 Å². The van der Waals surface area contributed by atoms with Crippen molar-refractivity contribution in [3.63, 3.8) is 0 Å². The normalized spacial score (nSPS) is 11.9. The number of thiazole rings is 1. The van der Waals surface area contributed by atoms with Gasteiger partial charge in [0, 0.05) is 13.1 Å². The summed E-state index contributed by atoms with van der Waals surface area (Å²) in [6.07, 6.45) is 0. The van der Waals surface area contributed by atoms with Crippen molar-refractivity contribution in [1.29, 1.82) is 0 Å². The molecule has 0 unspecified atom stereocenters. The highest BCUT2D eigenvalue weighted by atomic mass is 32.2. The summed E-state index contributed by atoms with van der Waals surface area (Å²) < 4.78 is 39.5. The molecule has 2 aromatic carbocycles. The zero-order valence-electron chi connectivity index (χ0n) is 16.9. The number of aromatic nitrogens is 1. The molecule has 1 heterocycles. The van der Waals surface area contributed by atoms with Crippen molar-refractivity contribution in [2.75, 3.05) is 36.8 Å². The third-order valence-electron chi connectivity index (χ3n) is 4.84. The van der Waals surface area contributed by atoms with Crippen LogP contribution in [0.5, 0.6) is 0 Å². The fourth-order valence-electron chi connectivity index (χ4n) is 3.05. The molecule has 160 valence electrons. The van der Waals surface area contributed by atoms with E-state index in [1.807, 2.05) is 38.1 Å². The first kappa shape index (κ1) is 22.3. The van der Waals surface area contributed by atoms with Crippen molar-refractivity contribution in [1.82, 2.24) is 9.88 Å². The molecule has 0 radical (unpaired) electrons. The van der Waals surface area contributed by atoms with E-state index in [2.05, 4.69) is 9.88 Å². The first-order chi connectivity index (χ1) is 14.3. The molecule has 0 fully saturated rings. The number of sulfone groups is 1. The van der Waals surface area contributed by atoms with Crippen LogP contribution in [0.1, 0.15) is 13.8 Å². The molecule has 0 aliphatic carbocycles. The van der Waals surface area contributed by atoms with E-state index in [9.17, 15) is 17.6 Å². The monoisotopic (exact) mass is 449 g/mol. The lowest BCUT2D eigenvalue weighted by atomic mass is 10.3. The van der Waals surface area contributed by atoms with Crippen LogP contribution in [0.2, 0.25) is 0 Å². The minimum absolute atomic E-state index is 0.0785. The summed E-state index contributed by atoms with van der Waals surface area (Å²) in [7, 11) is -3.90. The van der Waals surface area contributed by atoms with E-state index in [1.165, 1.54) is 28.4 Å². The van der Waals surface area contributed by atoms with E-state index in [0.29, 0.717) is 18.2 Å². The van der Waals surface area contributed by atoms with Crippen LogP contribution in [0.4, 0.5) is 9.52 Å². The smallest absolute Gasteiger partial charge is 0.244 e. The quantitative estimate of drug-likeness (QED) is 0.467. The maximum absolute atomic E-state index is 13.1. The van der Waals surface area contributed by atoms with Gasteiger partial charge in [0.05, 0.1) is 15.1 Å². The SMILES string of the molecule is CCN(CC)CCN(C(=O)CS(=O)(=O)c1ccc(F)cc1)c1nc2ccccc2s1. The number of benzene rings is 2. The predicted molar refractivity (Wildman–Crippen MR) is 118 cm³/mol. The number of carbonyl (C=O) groups is 1. The Bertz CT molecular complexity index is 1080. The van der Waals surface area contributed by atoms with Crippen LogP contribution in [0, 0.1) is 5.82 Å². The summed E-state index contributed by atoms with van der Waals surface area (Å²) in [5.41, 5.74) is 0.763. The van der Waals surface area contributed by atoms with E-state index < -0.39 is 27.3 Å². The van der Waals surface area contributed by atoms with Crippen LogP contribution in [0.15, 0.2) is 53.4 Å². The number of anilines is 1. The second-order valence-electron chi connectivity index (χ2n) is 6.75. The molecule has 0 atom stereocenters. The Morgan fingerprint density at radius 3 is 2.33 bits per heavy atom. The first-order valence-electron chi connectivity index (χ1n) is 9.70. The molecule has 0 saturated carbocycles. The van der Waals surface area contributed by atoms with Gasteiger partial charge >= 0.3 is 0 Å². The van der Waals surface area contributed by atoms with Gasteiger partial charge in [-0.15, -0.1) is 0 Å². The molecule has 0 aliphatic heterocycles. The second kappa shape index (κ2) is 9.63. The Labute approximate surface area is 179 Å². The molecule has 3 aromatic rings. The number of hydrogen-bond donors (Lipinski definition) is 0. The average Bonchev–Trinajstić information content (AvgIpc) is 3.15. The molecule has 1 amide bonds.